The minimum Gasteiger partial charge on any atom is -0.507 e. The molecule has 38 heavy (non-hydrogen) atoms. The Hall–Kier alpha value is -3.97. The molecule has 1 heterocycles. The van der Waals surface area contributed by atoms with Crippen molar-refractivity contribution in [2.24, 2.45) is 0 Å². The van der Waals surface area contributed by atoms with E-state index < -0.39 is 23.5 Å². The summed E-state index contributed by atoms with van der Waals surface area (Å²) >= 11 is 0. The molecule has 4 rings (SSSR count). The second kappa shape index (κ2) is 12.0. The summed E-state index contributed by atoms with van der Waals surface area (Å²) in [6.45, 7) is 8.76. The van der Waals surface area contributed by atoms with Gasteiger partial charge in [-0.15, -0.1) is 0 Å². The van der Waals surface area contributed by atoms with E-state index in [9.17, 15) is 19.1 Å². The molecular weight excluding hydrogens is 483 g/mol. The Kier molecular flexibility index (Phi) is 8.59. The molecule has 1 amide bonds. The first-order chi connectivity index (χ1) is 18.3. The number of amides is 1. The monoisotopic (exact) mass is 516 g/mol. The zero-order valence-corrected chi connectivity index (χ0v) is 22.0. The fourth-order valence-corrected chi connectivity index (χ4v) is 4.77. The summed E-state index contributed by atoms with van der Waals surface area (Å²) < 4.78 is 19.6. The third-order valence-corrected chi connectivity index (χ3v) is 6.98. The van der Waals surface area contributed by atoms with Crippen LogP contribution in [0.3, 0.4) is 0 Å². The predicted molar refractivity (Wildman–Crippen MR) is 145 cm³/mol. The van der Waals surface area contributed by atoms with Crippen LogP contribution in [0, 0.1) is 12.7 Å². The first-order valence-electron chi connectivity index (χ1n) is 12.9. The number of nitrogens with zero attached hydrogens (tertiary/aromatic N) is 2. The zero-order valence-electron chi connectivity index (χ0n) is 22.0. The molecule has 1 atom stereocenters. The average Bonchev–Trinajstić information content (AvgIpc) is 3.18. The maximum Gasteiger partial charge on any atom is 0.295 e. The number of ketones is 1. The second-order valence-electron chi connectivity index (χ2n) is 9.32. The molecule has 1 N–H and O–H groups in total. The Labute approximate surface area is 223 Å². The van der Waals surface area contributed by atoms with Crippen molar-refractivity contribution in [2.75, 3.05) is 26.2 Å². The topological polar surface area (TPSA) is 70.1 Å². The van der Waals surface area contributed by atoms with Crippen LogP contribution in [0.1, 0.15) is 42.1 Å². The number of aryl methyl sites for hydroxylation is 1. The number of rotatable bonds is 10. The molecule has 0 aliphatic carbocycles. The van der Waals surface area contributed by atoms with Crippen LogP contribution in [-0.2, 0) is 16.2 Å². The van der Waals surface area contributed by atoms with E-state index in [1.54, 1.807) is 30.3 Å². The second-order valence-corrected chi connectivity index (χ2v) is 9.32. The summed E-state index contributed by atoms with van der Waals surface area (Å²) in [5.41, 5.74) is 2.72. The molecule has 0 radical (unpaired) electrons. The normalized spacial score (nSPS) is 16.9. The number of likely N-dealkylation sites (N-methyl/N-ethyl adjacent to an activating group) is 1. The number of hydrogen-bond acceptors (Lipinski definition) is 5. The summed E-state index contributed by atoms with van der Waals surface area (Å²) in [6, 6.07) is 19.9. The van der Waals surface area contributed by atoms with Crippen molar-refractivity contribution in [3.05, 3.63) is 106 Å². The summed E-state index contributed by atoms with van der Waals surface area (Å²) in [5, 5.41) is 11.4. The van der Waals surface area contributed by atoms with Crippen molar-refractivity contribution in [1.29, 1.82) is 0 Å². The van der Waals surface area contributed by atoms with E-state index >= 15 is 0 Å². The lowest BCUT2D eigenvalue weighted by Gasteiger charge is -2.28. The Morgan fingerprint density at radius 1 is 1.00 bits per heavy atom. The number of halogens is 1. The van der Waals surface area contributed by atoms with E-state index in [0.29, 0.717) is 42.1 Å². The highest BCUT2D eigenvalue weighted by Gasteiger charge is 2.46. The largest absolute Gasteiger partial charge is 0.507 e. The van der Waals surface area contributed by atoms with Crippen LogP contribution in [0.25, 0.3) is 5.76 Å². The molecule has 3 aromatic rings. The summed E-state index contributed by atoms with van der Waals surface area (Å²) in [6.07, 6.45) is 0. The lowest BCUT2D eigenvalue weighted by molar-refractivity contribution is -0.140. The fourth-order valence-electron chi connectivity index (χ4n) is 4.77. The van der Waals surface area contributed by atoms with Crippen LogP contribution in [0.5, 0.6) is 5.75 Å². The molecule has 0 unspecified atom stereocenters. The van der Waals surface area contributed by atoms with E-state index in [0.717, 1.165) is 18.7 Å². The number of likely N-dealkylation sites (tertiary alicyclic amines) is 1. The number of ether oxygens (including phenoxy) is 1. The van der Waals surface area contributed by atoms with Crippen LogP contribution in [0.4, 0.5) is 4.39 Å². The number of carbonyl (C=O) groups is 2. The Morgan fingerprint density at radius 3 is 2.32 bits per heavy atom. The highest BCUT2D eigenvalue weighted by molar-refractivity contribution is 6.46. The van der Waals surface area contributed by atoms with Crippen molar-refractivity contribution < 1.29 is 23.8 Å². The molecule has 1 aliphatic rings. The zero-order chi connectivity index (χ0) is 27.2. The Balaban J connectivity index is 1.69. The molecule has 7 heteroatoms. The molecule has 6 nitrogen and oxygen atoms in total. The minimum absolute atomic E-state index is 0.00205. The van der Waals surface area contributed by atoms with Crippen molar-refractivity contribution in [2.45, 2.75) is 33.4 Å². The van der Waals surface area contributed by atoms with Gasteiger partial charge in [-0.05, 0) is 67.0 Å². The van der Waals surface area contributed by atoms with Gasteiger partial charge in [-0.2, -0.15) is 0 Å². The lowest BCUT2D eigenvalue weighted by atomic mass is 9.94. The molecule has 0 bridgehead atoms. The summed E-state index contributed by atoms with van der Waals surface area (Å²) in [7, 11) is 0. The lowest BCUT2D eigenvalue weighted by Crippen LogP contribution is -2.38. The van der Waals surface area contributed by atoms with Gasteiger partial charge in [0.05, 0.1) is 11.6 Å². The standard InChI is InChI=1S/C31H33FN2O4/c1-4-33(5-2)17-18-34-28(23-11-13-24(32)14-12-23)27(30(36)31(34)37)29(35)26-16-15-25(19-21(26)3)38-20-22-9-7-6-8-10-22/h6-16,19,28,35H,4-5,17-18,20H2,1-3H3/t28-/m0/s1. The first-order valence-corrected chi connectivity index (χ1v) is 12.9. The van der Waals surface area contributed by atoms with E-state index in [4.69, 9.17) is 4.74 Å². The van der Waals surface area contributed by atoms with E-state index in [2.05, 4.69) is 4.90 Å². The maximum atomic E-state index is 13.7. The van der Waals surface area contributed by atoms with Gasteiger partial charge >= 0.3 is 0 Å². The summed E-state index contributed by atoms with van der Waals surface area (Å²) in [5.74, 6) is -1.47. The van der Waals surface area contributed by atoms with Crippen molar-refractivity contribution in [1.82, 2.24) is 9.80 Å². The first kappa shape index (κ1) is 27.1. The fraction of sp³-hybridized carbons (Fsp3) is 0.290. The van der Waals surface area contributed by atoms with Crippen LogP contribution in [0.2, 0.25) is 0 Å². The van der Waals surface area contributed by atoms with Crippen LogP contribution < -0.4 is 4.74 Å². The van der Waals surface area contributed by atoms with Crippen LogP contribution in [-0.4, -0.2) is 52.8 Å². The van der Waals surface area contributed by atoms with E-state index in [1.165, 1.54) is 17.0 Å². The maximum absolute atomic E-state index is 13.7. The number of hydrogen-bond donors (Lipinski definition) is 1. The van der Waals surface area contributed by atoms with Crippen LogP contribution in [0.15, 0.2) is 78.4 Å². The van der Waals surface area contributed by atoms with Gasteiger partial charge in [-0.3, -0.25) is 9.59 Å². The van der Waals surface area contributed by atoms with Crippen LogP contribution >= 0.6 is 0 Å². The molecule has 1 saturated heterocycles. The predicted octanol–water partition coefficient (Wildman–Crippen LogP) is 5.48. The molecule has 0 saturated carbocycles. The van der Waals surface area contributed by atoms with Gasteiger partial charge in [-0.25, -0.2) is 4.39 Å². The smallest absolute Gasteiger partial charge is 0.295 e. The SMILES string of the molecule is CCN(CC)CCN1C(=O)C(=O)C(=C(O)c2ccc(OCc3ccccc3)cc2C)[C@@H]1c1ccc(F)cc1. The number of aliphatic hydroxyl groups excluding tert-OH is 1. The molecule has 1 aliphatic heterocycles. The van der Waals surface area contributed by atoms with E-state index in [-0.39, 0.29) is 11.3 Å². The minimum atomic E-state index is -0.820. The van der Waals surface area contributed by atoms with Gasteiger partial charge in [0.1, 0.15) is 23.9 Å². The van der Waals surface area contributed by atoms with Gasteiger partial charge in [0.25, 0.3) is 11.7 Å². The molecule has 0 spiro atoms. The number of aliphatic hydroxyl groups is 1. The molecular formula is C31H33FN2O4. The van der Waals surface area contributed by atoms with Gasteiger partial charge in [0.15, 0.2) is 0 Å². The third-order valence-electron chi connectivity index (χ3n) is 6.98. The van der Waals surface area contributed by atoms with Crippen molar-refractivity contribution in [3.8, 4) is 5.75 Å². The summed E-state index contributed by atoms with van der Waals surface area (Å²) in [4.78, 5) is 30.1. The molecule has 198 valence electrons. The third kappa shape index (κ3) is 5.78. The number of benzene rings is 3. The highest BCUT2D eigenvalue weighted by atomic mass is 19.1. The Bertz CT molecular complexity index is 1320. The molecule has 0 aromatic heterocycles. The van der Waals surface area contributed by atoms with Gasteiger partial charge in [-0.1, -0.05) is 56.3 Å². The van der Waals surface area contributed by atoms with Crippen molar-refractivity contribution in [3.63, 3.8) is 0 Å². The molecule has 3 aromatic carbocycles. The van der Waals surface area contributed by atoms with Gasteiger partial charge in [0, 0.05) is 18.7 Å². The van der Waals surface area contributed by atoms with Gasteiger partial charge < -0.3 is 19.6 Å². The van der Waals surface area contributed by atoms with E-state index in [1.807, 2.05) is 51.1 Å². The molecule has 1 fully saturated rings. The average molecular weight is 517 g/mol. The highest BCUT2D eigenvalue weighted by Crippen LogP contribution is 2.40. The number of carbonyl (C=O) groups excluding carboxylic acids is 2. The Morgan fingerprint density at radius 2 is 1.68 bits per heavy atom. The quantitative estimate of drug-likeness (QED) is 0.220. The van der Waals surface area contributed by atoms with Crippen molar-refractivity contribution >= 4 is 17.4 Å². The number of Topliss-reactive ketones (excluding diaryl/α,β-unsaturated/α-hetero) is 1. The van der Waals surface area contributed by atoms with Gasteiger partial charge in [0.2, 0.25) is 0 Å².